The fourth-order valence-corrected chi connectivity index (χ4v) is 3.95. The first-order chi connectivity index (χ1) is 21.5. The Morgan fingerprint density at radius 2 is 1.39 bits per heavy atom. The van der Waals surface area contributed by atoms with Crippen LogP contribution in [0.15, 0.2) is 83.5 Å². The van der Waals surface area contributed by atoms with Gasteiger partial charge in [-0.2, -0.15) is 15.1 Å². The van der Waals surface area contributed by atoms with E-state index >= 15 is 0 Å². The molecule has 4 N–H and O–H groups in total. The molecule has 0 spiro atoms. The monoisotopic (exact) mass is 622 g/mol. The molecule has 2 aromatic carbocycles. The molecular weight excluding hydrogens is 594 g/mol. The third-order valence-electron chi connectivity index (χ3n) is 5.49. The molecule has 0 amide bonds. The molecule has 5 rings (SSSR count). The quantitative estimate of drug-likeness (QED) is 0.0957. The first-order valence-electron chi connectivity index (χ1n) is 12.8. The van der Waals surface area contributed by atoms with Gasteiger partial charge in [0.25, 0.3) is 0 Å². The zero-order chi connectivity index (χ0) is 31.1. The third kappa shape index (κ3) is 9.57. The van der Waals surface area contributed by atoms with Crippen molar-refractivity contribution in [1.82, 2.24) is 19.9 Å². The van der Waals surface area contributed by atoms with E-state index in [9.17, 15) is 8.78 Å². The highest BCUT2D eigenvalue weighted by molar-refractivity contribution is 7.11. The fourth-order valence-electron chi connectivity index (χ4n) is 3.36. The summed E-state index contributed by atoms with van der Waals surface area (Å²) in [5, 5.41) is 5.89. The summed E-state index contributed by atoms with van der Waals surface area (Å²) in [7, 11) is 3.18. The highest BCUT2D eigenvalue weighted by Crippen LogP contribution is 2.18. The van der Waals surface area contributed by atoms with Gasteiger partial charge in [0, 0.05) is 4.88 Å². The van der Waals surface area contributed by atoms with Crippen LogP contribution in [0.25, 0.3) is 0 Å². The molecule has 3 aromatic heterocycles. The summed E-state index contributed by atoms with van der Waals surface area (Å²) in [6, 6.07) is 18.7. The van der Waals surface area contributed by atoms with E-state index in [2.05, 4.69) is 35.9 Å². The molecule has 44 heavy (non-hydrogen) atoms. The molecule has 12 nitrogen and oxygen atoms in total. The van der Waals surface area contributed by atoms with Gasteiger partial charge in [-0.25, -0.2) is 24.6 Å². The fraction of sp³-hybridized carbons (Fsp3) is 0.138. The van der Waals surface area contributed by atoms with Crippen LogP contribution in [-0.4, -0.2) is 40.4 Å². The number of nitrogens with one attached hydrogen (secondary N) is 2. The zero-order valence-corrected chi connectivity index (χ0v) is 24.4. The number of hydrazone groups is 1. The average molecular weight is 623 g/mol. The van der Waals surface area contributed by atoms with Crippen LogP contribution in [0.2, 0.25) is 0 Å². The third-order valence-corrected chi connectivity index (χ3v) is 6.30. The first-order valence-corrected chi connectivity index (χ1v) is 13.7. The van der Waals surface area contributed by atoms with Crippen molar-refractivity contribution in [3.63, 3.8) is 0 Å². The molecule has 0 saturated carbocycles. The Hall–Kier alpha value is -5.41. The van der Waals surface area contributed by atoms with E-state index in [1.165, 1.54) is 11.3 Å². The van der Waals surface area contributed by atoms with E-state index in [-0.39, 0.29) is 36.9 Å². The SMILES string of the molecule is COc1cccc(COc2ncc(F)c(N/N=C/c3cccs3)n2)c1.COc1cccc(COc2ncc(F)c(NN)n2)c1. The van der Waals surface area contributed by atoms with Gasteiger partial charge in [-0.15, -0.1) is 11.3 Å². The highest BCUT2D eigenvalue weighted by Gasteiger charge is 2.09. The Kier molecular flexibility index (Phi) is 11.7. The number of hydrogen-bond acceptors (Lipinski definition) is 13. The maximum absolute atomic E-state index is 13.8. The van der Waals surface area contributed by atoms with Crippen molar-refractivity contribution >= 4 is 29.2 Å². The summed E-state index contributed by atoms with van der Waals surface area (Å²) < 4.78 is 48.0. The number of nitrogen functional groups attached to an aromatic ring is 1. The molecule has 228 valence electrons. The van der Waals surface area contributed by atoms with Gasteiger partial charge in [-0.1, -0.05) is 30.3 Å². The Balaban J connectivity index is 0.000000209. The summed E-state index contributed by atoms with van der Waals surface area (Å²) in [5.74, 6) is 5.14. The number of nitrogens with zero attached hydrogens (tertiary/aromatic N) is 5. The van der Waals surface area contributed by atoms with Crippen molar-refractivity contribution < 1.29 is 27.7 Å². The largest absolute Gasteiger partial charge is 0.497 e. The smallest absolute Gasteiger partial charge is 0.318 e. The molecule has 0 radical (unpaired) electrons. The molecule has 0 aliphatic carbocycles. The van der Waals surface area contributed by atoms with Crippen molar-refractivity contribution in [1.29, 1.82) is 0 Å². The summed E-state index contributed by atoms with van der Waals surface area (Å²) in [4.78, 5) is 16.2. The molecule has 0 aliphatic rings. The number of halogens is 2. The number of anilines is 2. The molecule has 0 bridgehead atoms. The van der Waals surface area contributed by atoms with Gasteiger partial charge in [-0.3, -0.25) is 5.43 Å². The number of nitrogens with two attached hydrogens (primary N) is 1. The van der Waals surface area contributed by atoms with E-state index in [4.69, 9.17) is 24.8 Å². The van der Waals surface area contributed by atoms with Crippen molar-refractivity contribution in [2.24, 2.45) is 10.9 Å². The number of thiophene rings is 1. The lowest BCUT2D eigenvalue weighted by Gasteiger charge is -2.07. The second-order valence-corrected chi connectivity index (χ2v) is 9.49. The van der Waals surface area contributed by atoms with Crippen LogP contribution in [0.1, 0.15) is 16.0 Å². The minimum absolute atomic E-state index is 0.0390. The van der Waals surface area contributed by atoms with E-state index in [1.54, 1.807) is 20.4 Å². The summed E-state index contributed by atoms with van der Waals surface area (Å²) in [6.45, 7) is 0.480. The molecule has 0 saturated heterocycles. The molecular formula is C29H28F2N8O4S. The number of benzene rings is 2. The predicted octanol–water partition coefficient (Wildman–Crippen LogP) is 5.20. The van der Waals surface area contributed by atoms with Gasteiger partial charge in [-0.05, 0) is 46.8 Å². The lowest BCUT2D eigenvalue weighted by molar-refractivity contribution is 0.279. The van der Waals surface area contributed by atoms with E-state index in [0.29, 0.717) is 0 Å². The Bertz CT molecular complexity index is 1660. The first kappa shape index (κ1) is 31.5. The van der Waals surface area contributed by atoms with Crippen molar-refractivity contribution in [2.45, 2.75) is 13.2 Å². The van der Waals surface area contributed by atoms with E-state index < -0.39 is 11.6 Å². The van der Waals surface area contributed by atoms with Gasteiger partial charge in [0.1, 0.15) is 24.7 Å². The molecule has 0 aliphatic heterocycles. The van der Waals surface area contributed by atoms with Crippen molar-refractivity contribution in [3.05, 3.63) is 106 Å². The predicted molar refractivity (Wildman–Crippen MR) is 162 cm³/mol. The van der Waals surface area contributed by atoms with Crippen molar-refractivity contribution in [3.8, 4) is 23.5 Å². The van der Waals surface area contributed by atoms with Gasteiger partial charge < -0.3 is 24.4 Å². The maximum Gasteiger partial charge on any atom is 0.318 e. The molecule has 3 heterocycles. The highest BCUT2D eigenvalue weighted by atomic mass is 32.1. The van der Waals surface area contributed by atoms with Crippen LogP contribution >= 0.6 is 11.3 Å². The van der Waals surface area contributed by atoms with Crippen LogP contribution in [-0.2, 0) is 13.2 Å². The second kappa shape index (κ2) is 16.3. The maximum atomic E-state index is 13.8. The van der Waals surface area contributed by atoms with Gasteiger partial charge in [0.05, 0.1) is 32.8 Å². The minimum atomic E-state index is -0.642. The number of hydrazine groups is 1. The van der Waals surface area contributed by atoms with Crippen LogP contribution in [0.3, 0.4) is 0 Å². The molecule has 15 heteroatoms. The Morgan fingerprint density at radius 1 is 0.818 bits per heavy atom. The number of rotatable bonds is 12. The summed E-state index contributed by atoms with van der Waals surface area (Å²) in [5.41, 5.74) is 6.45. The van der Waals surface area contributed by atoms with Crippen molar-refractivity contribution in [2.75, 3.05) is 25.1 Å². The number of hydrogen-bond donors (Lipinski definition) is 3. The topological polar surface area (TPSA) is 151 Å². The normalized spacial score (nSPS) is 10.5. The Morgan fingerprint density at radius 3 is 1.91 bits per heavy atom. The molecule has 0 fully saturated rings. The Labute approximate surface area is 255 Å². The summed E-state index contributed by atoms with van der Waals surface area (Å²) in [6.07, 6.45) is 3.61. The lowest BCUT2D eigenvalue weighted by Crippen LogP contribution is -2.12. The number of ether oxygens (including phenoxy) is 4. The summed E-state index contributed by atoms with van der Waals surface area (Å²) >= 11 is 1.52. The van der Waals surface area contributed by atoms with Crippen LogP contribution in [0, 0.1) is 11.6 Å². The van der Waals surface area contributed by atoms with Gasteiger partial charge in [0.15, 0.2) is 23.3 Å². The van der Waals surface area contributed by atoms with Crippen LogP contribution in [0.4, 0.5) is 20.4 Å². The van der Waals surface area contributed by atoms with Crippen LogP contribution in [0.5, 0.6) is 23.5 Å². The number of aromatic nitrogens is 4. The second-order valence-electron chi connectivity index (χ2n) is 8.51. The van der Waals surface area contributed by atoms with E-state index in [0.717, 1.165) is 39.9 Å². The van der Waals surface area contributed by atoms with E-state index in [1.807, 2.05) is 66.0 Å². The standard InChI is InChI=1S/C17H15FN4O2S.C12H13FN4O2/c1-23-13-5-2-4-12(8-13)11-24-17-19-10-15(18)16(21-17)22-20-9-14-6-3-7-25-14;1-18-9-4-2-3-8(5-9)7-19-12-15-6-10(13)11(16-12)17-14/h2-10H,11H2,1H3,(H,19,21,22);2-6H,7,14H2,1H3,(H,15,16,17)/b20-9+;. The minimum Gasteiger partial charge on any atom is -0.497 e. The van der Waals surface area contributed by atoms with Gasteiger partial charge in [0.2, 0.25) is 0 Å². The average Bonchev–Trinajstić information content (AvgIpc) is 3.59. The zero-order valence-electron chi connectivity index (χ0n) is 23.6. The number of methoxy groups -OCH3 is 2. The lowest BCUT2D eigenvalue weighted by atomic mass is 10.2. The molecule has 0 atom stereocenters. The molecule has 0 unspecified atom stereocenters. The van der Waals surface area contributed by atoms with Gasteiger partial charge >= 0.3 is 12.0 Å². The molecule has 5 aromatic rings. The van der Waals surface area contributed by atoms with Crippen LogP contribution < -0.4 is 35.6 Å².